The van der Waals surface area contributed by atoms with Gasteiger partial charge in [0.2, 0.25) is 0 Å². The molecule has 1 aromatic rings. The molecular formula is C20H35NO2. The minimum atomic E-state index is 0.838. The van der Waals surface area contributed by atoms with Gasteiger partial charge in [0.05, 0.1) is 0 Å². The van der Waals surface area contributed by atoms with E-state index in [2.05, 4.69) is 42.6 Å². The molecule has 0 amide bonds. The van der Waals surface area contributed by atoms with Gasteiger partial charge in [-0.25, -0.2) is 0 Å². The van der Waals surface area contributed by atoms with Crippen molar-refractivity contribution in [2.24, 2.45) is 0 Å². The third kappa shape index (κ3) is 13.3. The Balaban J connectivity index is 1.72. The van der Waals surface area contributed by atoms with Crippen LogP contribution in [0.2, 0.25) is 0 Å². The lowest BCUT2D eigenvalue weighted by Gasteiger charge is -2.06. The van der Waals surface area contributed by atoms with E-state index in [1.807, 2.05) is 0 Å². The van der Waals surface area contributed by atoms with E-state index in [-0.39, 0.29) is 0 Å². The Hall–Kier alpha value is -0.900. The van der Waals surface area contributed by atoms with E-state index in [1.165, 1.54) is 44.1 Å². The molecule has 1 aromatic carbocycles. The molecule has 3 heteroatoms. The number of benzene rings is 1. The fourth-order valence-electron chi connectivity index (χ4n) is 2.35. The summed E-state index contributed by atoms with van der Waals surface area (Å²) < 4.78 is 11.1. The first-order chi connectivity index (χ1) is 11.4. The van der Waals surface area contributed by atoms with Crippen molar-refractivity contribution in [2.75, 3.05) is 33.0 Å². The van der Waals surface area contributed by atoms with Crippen LogP contribution in [0.15, 0.2) is 30.3 Å². The Morgan fingerprint density at radius 1 is 0.739 bits per heavy atom. The minimum Gasteiger partial charge on any atom is -0.381 e. The van der Waals surface area contributed by atoms with Gasteiger partial charge in [-0.15, -0.1) is 0 Å². The Morgan fingerprint density at radius 3 is 2.13 bits per heavy atom. The van der Waals surface area contributed by atoms with Gasteiger partial charge in [0.1, 0.15) is 0 Å². The molecule has 0 heterocycles. The summed E-state index contributed by atoms with van der Waals surface area (Å²) >= 11 is 0. The zero-order valence-electron chi connectivity index (χ0n) is 14.9. The summed E-state index contributed by atoms with van der Waals surface area (Å²) in [5, 5.41) is 3.50. The lowest BCUT2D eigenvalue weighted by atomic mass is 10.2. The molecule has 0 aliphatic rings. The summed E-state index contributed by atoms with van der Waals surface area (Å²) in [5.74, 6) is 0. The van der Waals surface area contributed by atoms with Crippen molar-refractivity contribution in [1.82, 2.24) is 5.32 Å². The number of rotatable bonds is 16. The summed E-state index contributed by atoms with van der Waals surface area (Å²) in [6.45, 7) is 7.74. The summed E-state index contributed by atoms with van der Waals surface area (Å²) in [4.78, 5) is 0. The molecule has 0 atom stereocenters. The maximum absolute atomic E-state index is 5.63. The van der Waals surface area contributed by atoms with Crippen LogP contribution >= 0.6 is 0 Å². The largest absolute Gasteiger partial charge is 0.381 e. The highest BCUT2D eigenvalue weighted by atomic mass is 16.5. The second-order valence-corrected chi connectivity index (χ2v) is 6.01. The van der Waals surface area contributed by atoms with Gasteiger partial charge < -0.3 is 14.8 Å². The Bertz CT molecular complexity index is 343. The van der Waals surface area contributed by atoms with Gasteiger partial charge in [0.15, 0.2) is 0 Å². The first kappa shape index (κ1) is 20.1. The molecule has 0 bridgehead atoms. The molecule has 132 valence electrons. The zero-order chi connectivity index (χ0) is 16.4. The van der Waals surface area contributed by atoms with Crippen molar-refractivity contribution in [3.8, 4) is 0 Å². The highest BCUT2D eigenvalue weighted by Crippen LogP contribution is 2.01. The summed E-state index contributed by atoms with van der Waals surface area (Å²) in [5.41, 5.74) is 1.36. The summed E-state index contributed by atoms with van der Waals surface area (Å²) in [7, 11) is 0. The van der Waals surface area contributed by atoms with Crippen LogP contribution < -0.4 is 5.32 Å². The van der Waals surface area contributed by atoms with E-state index in [9.17, 15) is 0 Å². The second kappa shape index (κ2) is 16.0. The van der Waals surface area contributed by atoms with Gasteiger partial charge in [0.25, 0.3) is 0 Å². The van der Waals surface area contributed by atoms with Crippen LogP contribution in [0.5, 0.6) is 0 Å². The van der Waals surface area contributed by atoms with Crippen molar-refractivity contribution in [3.63, 3.8) is 0 Å². The van der Waals surface area contributed by atoms with Crippen LogP contribution in [0.25, 0.3) is 0 Å². The minimum absolute atomic E-state index is 0.838. The Labute approximate surface area is 142 Å². The molecule has 0 saturated heterocycles. The lowest BCUT2D eigenvalue weighted by Crippen LogP contribution is -2.14. The molecule has 1 rings (SSSR count). The molecule has 0 spiro atoms. The van der Waals surface area contributed by atoms with E-state index in [1.54, 1.807) is 0 Å². The predicted molar refractivity (Wildman–Crippen MR) is 97.8 cm³/mol. The number of hydrogen-bond acceptors (Lipinski definition) is 3. The number of hydrogen-bond donors (Lipinski definition) is 1. The Morgan fingerprint density at radius 2 is 1.39 bits per heavy atom. The maximum Gasteiger partial charge on any atom is 0.0487 e. The molecule has 0 aliphatic heterocycles. The molecule has 0 aromatic heterocycles. The molecule has 0 aliphatic carbocycles. The van der Waals surface area contributed by atoms with Crippen LogP contribution in [0, 0.1) is 0 Å². The highest BCUT2D eigenvalue weighted by Gasteiger charge is 1.94. The van der Waals surface area contributed by atoms with Crippen molar-refractivity contribution in [2.45, 2.75) is 58.4 Å². The quantitative estimate of drug-likeness (QED) is 0.453. The molecular weight excluding hydrogens is 286 g/mol. The van der Waals surface area contributed by atoms with Crippen LogP contribution in [0.3, 0.4) is 0 Å². The molecule has 0 unspecified atom stereocenters. The molecule has 23 heavy (non-hydrogen) atoms. The maximum atomic E-state index is 5.63. The van der Waals surface area contributed by atoms with Gasteiger partial charge in [-0.05, 0) is 37.8 Å². The number of nitrogens with one attached hydrogen (secondary N) is 1. The fourth-order valence-corrected chi connectivity index (χ4v) is 2.35. The number of ether oxygens (including phenoxy) is 2. The van der Waals surface area contributed by atoms with Crippen molar-refractivity contribution >= 4 is 0 Å². The van der Waals surface area contributed by atoms with Crippen LogP contribution in [-0.2, 0) is 16.0 Å². The molecule has 1 N–H and O–H groups in total. The molecule has 0 saturated carbocycles. The lowest BCUT2D eigenvalue weighted by molar-refractivity contribution is 0.0800. The standard InChI is InChI=1S/C20H35NO2/c1-2-3-15-22-17-11-18-23-16-10-5-4-9-14-21-19-20-12-7-6-8-13-20/h6-8,12-13,21H,2-5,9-11,14-19H2,1H3. The monoisotopic (exact) mass is 321 g/mol. The van der Waals surface area contributed by atoms with Crippen LogP contribution in [-0.4, -0.2) is 33.0 Å². The SMILES string of the molecule is CCCCOCCCOCCCCCCNCc1ccccc1. The third-order valence-corrected chi connectivity index (χ3v) is 3.78. The topological polar surface area (TPSA) is 30.5 Å². The van der Waals surface area contributed by atoms with Gasteiger partial charge in [-0.2, -0.15) is 0 Å². The average Bonchev–Trinajstić information content (AvgIpc) is 2.59. The number of unbranched alkanes of at least 4 members (excludes halogenated alkanes) is 4. The first-order valence-electron chi connectivity index (χ1n) is 9.33. The molecule has 0 fully saturated rings. The third-order valence-electron chi connectivity index (χ3n) is 3.78. The van der Waals surface area contributed by atoms with Gasteiger partial charge in [-0.1, -0.05) is 56.5 Å². The van der Waals surface area contributed by atoms with Crippen molar-refractivity contribution in [3.05, 3.63) is 35.9 Å². The van der Waals surface area contributed by atoms with Gasteiger partial charge in [0, 0.05) is 33.0 Å². The second-order valence-electron chi connectivity index (χ2n) is 6.01. The average molecular weight is 322 g/mol. The van der Waals surface area contributed by atoms with Gasteiger partial charge in [-0.3, -0.25) is 0 Å². The predicted octanol–water partition coefficient (Wildman–Crippen LogP) is 4.56. The fraction of sp³-hybridized carbons (Fsp3) is 0.700. The highest BCUT2D eigenvalue weighted by molar-refractivity contribution is 5.14. The summed E-state index contributed by atoms with van der Waals surface area (Å²) in [6, 6.07) is 10.6. The first-order valence-corrected chi connectivity index (χ1v) is 9.33. The summed E-state index contributed by atoms with van der Waals surface area (Å²) in [6.07, 6.45) is 8.37. The molecule has 0 radical (unpaired) electrons. The van der Waals surface area contributed by atoms with E-state index >= 15 is 0 Å². The Kier molecular flexibility index (Phi) is 14.0. The van der Waals surface area contributed by atoms with Crippen molar-refractivity contribution < 1.29 is 9.47 Å². The van der Waals surface area contributed by atoms with Crippen molar-refractivity contribution in [1.29, 1.82) is 0 Å². The normalized spacial score (nSPS) is 11.0. The van der Waals surface area contributed by atoms with E-state index < -0.39 is 0 Å². The van der Waals surface area contributed by atoms with Crippen LogP contribution in [0.4, 0.5) is 0 Å². The zero-order valence-corrected chi connectivity index (χ0v) is 14.9. The smallest absolute Gasteiger partial charge is 0.0487 e. The molecule has 3 nitrogen and oxygen atoms in total. The van der Waals surface area contributed by atoms with E-state index in [4.69, 9.17) is 9.47 Å². The van der Waals surface area contributed by atoms with E-state index in [0.29, 0.717) is 0 Å². The van der Waals surface area contributed by atoms with Gasteiger partial charge >= 0.3 is 0 Å². The van der Waals surface area contributed by atoms with Crippen LogP contribution in [0.1, 0.15) is 57.4 Å². The van der Waals surface area contributed by atoms with E-state index in [0.717, 1.165) is 45.9 Å².